The van der Waals surface area contributed by atoms with Crippen LogP contribution in [0.15, 0.2) is 24.3 Å². The number of carbonyl (C=O) groups excluding carboxylic acids is 1. The van der Waals surface area contributed by atoms with Gasteiger partial charge in [0.15, 0.2) is 0 Å². The molecule has 3 aliphatic rings. The normalized spacial score (nSPS) is 28.6. The highest BCUT2D eigenvalue weighted by Gasteiger charge is 2.44. The van der Waals surface area contributed by atoms with Crippen LogP contribution in [-0.2, 0) is 4.79 Å². The number of benzene rings is 1. The first kappa shape index (κ1) is 17.8. The van der Waals surface area contributed by atoms with Gasteiger partial charge in [-0.1, -0.05) is 32.0 Å². The molecule has 4 rings (SSSR count). The van der Waals surface area contributed by atoms with Gasteiger partial charge >= 0.3 is 0 Å². The molecule has 142 valence electrons. The molecule has 0 radical (unpaired) electrons. The maximum Gasteiger partial charge on any atom is 0.241 e. The zero-order chi connectivity index (χ0) is 18.1. The van der Waals surface area contributed by atoms with Gasteiger partial charge in [-0.15, -0.1) is 0 Å². The van der Waals surface area contributed by atoms with E-state index in [2.05, 4.69) is 53.6 Å². The fraction of sp³-hybridized carbons (Fsp3) is 0.682. The van der Waals surface area contributed by atoms with Gasteiger partial charge in [0.05, 0.1) is 6.67 Å². The van der Waals surface area contributed by atoms with Crippen molar-refractivity contribution < 1.29 is 4.79 Å². The molecule has 1 saturated carbocycles. The maximum absolute atomic E-state index is 12.2. The van der Waals surface area contributed by atoms with Gasteiger partial charge in [-0.25, -0.2) is 0 Å². The van der Waals surface area contributed by atoms with Crippen LogP contribution < -0.4 is 15.5 Å². The SMILES string of the molecule is CC(C)C1CCC(c2ccccc2N2CCC3(CC2)NCNC3=O)CC1. The van der Waals surface area contributed by atoms with Gasteiger partial charge in [0, 0.05) is 18.8 Å². The van der Waals surface area contributed by atoms with Crippen LogP contribution in [0.5, 0.6) is 0 Å². The summed E-state index contributed by atoms with van der Waals surface area (Å²) in [6, 6.07) is 9.01. The van der Waals surface area contributed by atoms with Gasteiger partial charge in [0.1, 0.15) is 5.54 Å². The van der Waals surface area contributed by atoms with Crippen molar-refractivity contribution in [3.63, 3.8) is 0 Å². The van der Waals surface area contributed by atoms with Crippen molar-refractivity contribution in [1.29, 1.82) is 0 Å². The lowest BCUT2D eigenvalue weighted by Gasteiger charge is -2.40. The summed E-state index contributed by atoms with van der Waals surface area (Å²) >= 11 is 0. The first-order valence-corrected chi connectivity index (χ1v) is 10.5. The zero-order valence-corrected chi connectivity index (χ0v) is 16.3. The monoisotopic (exact) mass is 355 g/mol. The Balaban J connectivity index is 1.46. The maximum atomic E-state index is 12.2. The second kappa shape index (κ2) is 7.22. The molecule has 1 aliphatic carbocycles. The van der Waals surface area contributed by atoms with E-state index < -0.39 is 0 Å². The molecule has 0 bridgehead atoms. The van der Waals surface area contributed by atoms with E-state index in [1.807, 2.05) is 0 Å². The van der Waals surface area contributed by atoms with Gasteiger partial charge in [0.25, 0.3) is 0 Å². The van der Waals surface area contributed by atoms with Gasteiger partial charge in [-0.05, 0) is 67.9 Å². The minimum atomic E-state index is -0.319. The molecule has 4 heteroatoms. The molecule has 1 amide bonds. The summed E-state index contributed by atoms with van der Waals surface area (Å²) in [5.74, 6) is 2.61. The lowest BCUT2D eigenvalue weighted by molar-refractivity contribution is -0.124. The Morgan fingerprint density at radius 2 is 1.77 bits per heavy atom. The molecule has 1 aromatic rings. The van der Waals surface area contributed by atoms with E-state index in [4.69, 9.17) is 0 Å². The van der Waals surface area contributed by atoms with E-state index in [0.29, 0.717) is 12.6 Å². The fourth-order valence-corrected chi connectivity index (χ4v) is 5.29. The molecule has 1 aromatic carbocycles. The van der Waals surface area contributed by atoms with Crippen LogP contribution in [-0.4, -0.2) is 31.2 Å². The standard InChI is InChI=1S/C22H33N3O/c1-16(2)17-7-9-18(10-8-17)19-5-3-4-6-20(19)25-13-11-22(12-14-25)21(26)23-15-24-22/h3-6,16-18,24H,7-15H2,1-2H3,(H,23,26). The summed E-state index contributed by atoms with van der Waals surface area (Å²) in [5, 5.41) is 6.34. The summed E-state index contributed by atoms with van der Waals surface area (Å²) < 4.78 is 0. The van der Waals surface area contributed by atoms with Crippen molar-refractivity contribution in [2.24, 2.45) is 11.8 Å². The van der Waals surface area contributed by atoms with Crippen molar-refractivity contribution in [2.75, 3.05) is 24.7 Å². The average Bonchev–Trinajstić information content (AvgIpc) is 3.02. The molecule has 2 aliphatic heterocycles. The van der Waals surface area contributed by atoms with Crippen LogP contribution >= 0.6 is 0 Å². The number of hydrogen-bond donors (Lipinski definition) is 2. The van der Waals surface area contributed by atoms with Crippen molar-refractivity contribution in [2.45, 2.75) is 63.8 Å². The Bertz CT molecular complexity index is 641. The summed E-state index contributed by atoms with van der Waals surface area (Å²) in [4.78, 5) is 14.7. The molecule has 2 heterocycles. The Morgan fingerprint density at radius 1 is 1.08 bits per heavy atom. The van der Waals surface area contributed by atoms with Crippen molar-refractivity contribution in [3.05, 3.63) is 29.8 Å². The summed E-state index contributed by atoms with van der Waals surface area (Å²) in [6.07, 6.45) is 7.16. The Kier molecular flexibility index (Phi) is 4.96. The van der Waals surface area contributed by atoms with E-state index >= 15 is 0 Å². The molecule has 4 nitrogen and oxygen atoms in total. The zero-order valence-electron chi connectivity index (χ0n) is 16.3. The Labute approximate surface area is 157 Å². The summed E-state index contributed by atoms with van der Waals surface area (Å²) in [7, 11) is 0. The first-order valence-electron chi connectivity index (χ1n) is 10.5. The average molecular weight is 356 g/mol. The van der Waals surface area contributed by atoms with Crippen molar-refractivity contribution >= 4 is 11.6 Å². The molecular formula is C22H33N3O. The van der Waals surface area contributed by atoms with Crippen LogP contribution in [0.1, 0.15) is 63.9 Å². The minimum Gasteiger partial charge on any atom is -0.371 e. The largest absolute Gasteiger partial charge is 0.371 e. The number of piperidine rings is 1. The molecule has 1 spiro atoms. The molecule has 2 saturated heterocycles. The highest BCUT2D eigenvalue weighted by molar-refractivity contribution is 5.88. The van der Waals surface area contributed by atoms with E-state index in [1.165, 1.54) is 36.9 Å². The smallest absolute Gasteiger partial charge is 0.241 e. The van der Waals surface area contributed by atoms with E-state index in [9.17, 15) is 4.79 Å². The van der Waals surface area contributed by atoms with Crippen LogP contribution in [0.2, 0.25) is 0 Å². The minimum absolute atomic E-state index is 0.192. The third-order valence-corrected chi connectivity index (χ3v) is 7.16. The Morgan fingerprint density at radius 3 is 2.38 bits per heavy atom. The number of anilines is 1. The quantitative estimate of drug-likeness (QED) is 0.870. The molecule has 26 heavy (non-hydrogen) atoms. The van der Waals surface area contributed by atoms with Gasteiger partial charge in [-0.2, -0.15) is 0 Å². The second-order valence-electron chi connectivity index (χ2n) is 8.84. The predicted octanol–water partition coefficient (Wildman–Crippen LogP) is 3.63. The Hall–Kier alpha value is -1.55. The van der Waals surface area contributed by atoms with Gasteiger partial charge in [-0.3, -0.25) is 10.1 Å². The fourth-order valence-electron chi connectivity index (χ4n) is 5.29. The molecule has 0 aromatic heterocycles. The number of para-hydroxylation sites is 1. The summed E-state index contributed by atoms with van der Waals surface area (Å²) in [6.45, 7) is 7.28. The molecule has 2 N–H and O–H groups in total. The van der Waals surface area contributed by atoms with Crippen LogP contribution in [0, 0.1) is 11.8 Å². The predicted molar refractivity (Wildman–Crippen MR) is 106 cm³/mol. The third-order valence-electron chi connectivity index (χ3n) is 7.16. The number of carbonyl (C=O) groups is 1. The molecular weight excluding hydrogens is 322 g/mol. The number of hydrogen-bond acceptors (Lipinski definition) is 3. The summed E-state index contributed by atoms with van der Waals surface area (Å²) in [5.41, 5.74) is 2.63. The lowest BCUT2D eigenvalue weighted by Crippen LogP contribution is -2.54. The van der Waals surface area contributed by atoms with E-state index in [1.54, 1.807) is 0 Å². The molecule has 0 atom stereocenters. The van der Waals surface area contributed by atoms with Crippen LogP contribution in [0.4, 0.5) is 5.69 Å². The number of nitrogens with one attached hydrogen (secondary N) is 2. The van der Waals surface area contributed by atoms with E-state index in [-0.39, 0.29) is 11.4 Å². The second-order valence-corrected chi connectivity index (χ2v) is 8.84. The van der Waals surface area contributed by atoms with Crippen LogP contribution in [0.25, 0.3) is 0 Å². The topological polar surface area (TPSA) is 44.4 Å². The van der Waals surface area contributed by atoms with Crippen LogP contribution in [0.3, 0.4) is 0 Å². The van der Waals surface area contributed by atoms with Gasteiger partial charge < -0.3 is 10.2 Å². The molecule has 0 unspecified atom stereocenters. The highest BCUT2D eigenvalue weighted by Crippen LogP contribution is 2.42. The van der Waals surface area contributed by atoms with Crippen molar-refractivity contribution in [1.82, 2.24) is 10.6 Å². The first-order chi connectivity index (χ1) is 12.6. The number of amides is 1. The number of nitrogens with zero attached hydrogens (tertiary/aromatic N) is 1. The lowest BCUT2D eigenvalue weighted by atomic mass is 9.74. The van der Waals surface area contributed by atoms with Gasteiger partial charge in [0.2, 0.25) is 5.91 Å². The van der Waals surface area contributed by atoms with Crippen molar-refractivity contribution in [3.8, 4) is 0 Å². The third kappa shape index (κ3) is 3.24. The highest BCUT2D eigenvalue weighted by atomic mass is 16.2. The molecule has 3 fully saturated rings. The number of rotatable bonds is 3. The van der Waals surface area contributed by atoms with E-state index in [0.717, 1.165) is 37.8 Å².